The van der Waals surface area contributed by atoms with Crippen molar-refractivity contribution in [2.24, 2.45) is 0 Å². The molecular weight excluding hydrogens is 1040 g/mol. The molecule has 4 aromatic carbocycles. The van der Waals surface area contributed by atoms with Gasteiger partial charge in [0.05, 0.1) is 62.0 Å². The number of carboxylic acids is 2. The fraction of sp³-hybridized carbons (Fsp3) is 0.333. The van der Waals surface area contributed by atoms with Crippen LogP contribution in [-0.2, 0) is 31.9 Å². The smallest absolute Gasteiger partial charge is 0.335 e. The molecule has 8 rings (SSSR count). The van der Waals surface area contributed by atoms with Gasteiger partial charge in [0, 0.05) is 70.5 Å². The second kappa shape index (κ2) is 26.7. The highest BCUT2D eigenvalue weighted by Crippen LogP contribution is 2.36. The van der Waals surface area contributed by atoms with E-state index in [0.717, 1.165) is 38.5 Å². The van der Waals surface area contributed by atoms with Crippen LogP contribution in [0.2, 0.25) is 10.0 Å². The number of aromatic nitrogens is 2. The van der Waals surface area contributed by atoms with Crippen LogP contribution in [0.1, 0.15) is 130 Å². The van der Waals surface area contributed by atoms with Gasteiger partial charge in [-0.2, -0.15) is 0 Å². The summed E-state index contributed by atoms with van der Waals surface area (Å²) in [4.78, 5) is 101. The van der Waals surface area contributed by atoms with Gasteiger partial charge in [-0.15, -0.1) is 0 Å². The zero-order valence-corrected chi connectivity index (χ0v) is 45.1. The lowest BCUT2D eigenvalue weighted by Crippen LogP contribution is -2.32. The molecular formula is C60H60Cl2N2O14. The summed E-state index contributed by atoms with van der Waals surface area (Å²) in [5.41, 5.74) is 3.14. The van der Waals surface area contributed by atoms with Crippen molar-refractivity contribution in [2.45, 2.75) is 102 Å². The van der Waals surface area contributed by atoms with Crippen LogP contribution in [0.4, 0.5) is 0 Å². The van der Waals surface area contributed by atoms with Crippen LogP contribution in [0.15, 0.2) is 119 Å². The van der Waals surface area contributed by atoms with E-state index < -0.39 is 35.1 Å². The highest BCUT2D eigenvalue weighted by Gasteiger charge is 2.28. The maximum atomic E-state index is 13.6. The first kappa shape index (κ1) is 58.2. The van der Waals surface area contributed by atoms with Crippen LogP contribution >= 0.6 is 23.2 Å². The van der Waals surface area contributed by atoms with Gasteiger partial charge < -0.3 is 38.3 Å². The van der Waals surface area contributed by atoms with Gasteiger partial charge in [-0.3, -0.25) is 28.8 Å². The quantitative estimate of drug-likeness (QED) is 0.0538. The Bertz CT molecular complexity index is 3100. The molecule has 2 heterocycles. The summed E-state index contributed by atoms with van der Waals surface area (Å²) in [6, 6.07) is 22.8. The van der Waals surface area contributed by atoms with Gasteiger partial charge >= 0.3 is 11.9 Å². The summed E-state index contributed by atoms with van der Waals surface area (Å²) in [6.45, 7) is 3.47. The van der Waals surface area contributed by atoms with Crippen molar-refractivity contribution in [2.75, 3.05) is 27.4 Å². The van der Waals surface area contributed by atoms with Crippen molar-refractivity contribution in [3.8, 4) is 33.8 Å². The molecule has 0 amide bonds. The molecule has 408 valence electrons. The average Bonchev–Trinajstić information content (AvgIpc) is 3.39. The Kier molecular flexibility index (Phi) is 19.9. The van der Waals surface area contributed by atoms with Gasteiger partial charge in [0.15, 0.2) is 23.1 Å². The molecule has 0 spiro atoms. The first-order valence-electron chi connectivity index (χ1n) is 25.5. The van der Waals surface area contributed by atoms with Crippen molar-refractivity contribution >= 4 is 58.3 Å². The van der Waals surface area contributed by atoms with E-state index in [0.29, 0.717) is 79.3 Å². The lowest BCUT2D eigenvalue weighted by atomic mass is 9.96. The Morgan fingerprint density at radius 1 is 0.538 bits per heavy atom. The Morgan fingerprint density at radius 3 is 1.19 bits per heavy atom. The molecule has 2 aliphatic carbocycles. The van der Waals surface area contributed by atoms with Gasteiger partial charge in [0.1, 0.15) is 11.5 Å². The van der Waals surface area contributed by atoms with Gasteiger partial charge in [0.2, 0.25) is 0 Å². The van der Waals surface area contributed by atoms with E-state index in [1.807, 2.05) is 0 Å². The molecule has 2 N–H and O–H groups in total. The third kappa shape index (κ3) is 14.5. The van der Waals surface area contributed by atoms with Crippen molar-refractivity contribution in [1.82, 2.24) is 9.13 Å². The van der Waals surface area contributed by atoms with Crippen molar-refractivity contribution in [3.63, 3.8) is 0 Å². The zero-order chi connectivity index (χ0) is 56.2. The van der Waals surface area contributed by atoms with E-state index in [4.69, 9.17) is 52.4 Å². The molecule has 2 atom stereocenters. The summed E-state index contributed by atoms with van der Waals surface area (Å²) >= 11 is 12.4. The lowest BCUT2D eigenvalue weighted by molar-refractivity contribution is -0.123. The Labute approximate surface area is 460 Å². The maximum Gasteiger partial charge on any atom is 0.335 e. The number of ketones is 4. The number of Topliss-reactive ketones (excluding diaryl/α,β-unsaturated/α-hetero) is 4. The van der Waals surface area contributed by atoms with E-state index in [1.54, 1.807) is 60.7 Å². The van der Waals surface area contributed by atoms with E-state index in [1.165, 1.54) is 86.0 Å². The second-order valence-corrected chi connectivity index (χ2v) is 20.1. The first-order chi connectivity index (χ1) is 37.3. The van der Waals surface area contributed by atoms with Crippen LogP contribution in [0.25, 0.3) is 22.3 Å². The molecule has 2 fully saturated rings. The fourth-order valence-electron chi connectivity index (χ4n) is 9.23. The second-order valence-electron chi connectivity index (χ2n) is 19.2. The topological polar surface area (TPSA) is 224 Å². The molecule has 2 aromatic heterocycles. The minimum Gasteiger partial charge on any atom is -0.495 e. The molecule has 78 heavy (non-hydrogen) atoms. The maximum absolute atomic E-state index is 13.6. The molecule has 6 aromatic rings. The molecule has 16 nitrogen and oxygen atoms in total. The Balaban J connectivity index is 0.000000226. The van der Waals surface area contributed by atoms with Crippen LogP contribution in [0.5, 0.6) is 11.5 Å². The van der Waals surface area contributed by atoms with Crippen molar-refractivity contribution in [1.29, 1.82) is 0 Å². The molecule has 0 unspecified atom stereocenters. The number of halogens is 2. The summed E-state index contributed by atoms with van der Waals surface area (Å²) in [6.07, 6.45) is 10.0. The normalized spacial score (nSPS) is 13.9. The predicted molar refractivity (Wildman–Crippen MR) is 294 cm³/mol. The average molecular weight is 1100 g/mol. The highest BCUT2D eigenvalue weighted by molar-refractivity contribution is 6.31. The standard InChI is InChI=1S/2C30H30ClNO7/c2*1-18(33)23-11-10-21(31)15-24(23)25-16-29(35)32(17-28(25)38-2)26(12-13-39-22-4-3-5-22)27(34)14-19-6-8-20(9-7-19)30(36)37/h2*6-11,15-17,22,26H,3-5,12-14H2,1-2H3,(H,36,37)/t2*26-/m10/s1. The van der Waals surface area contributed by atoms with E-state index in [-0.39, 0.29) is 72.2 Å². The number of nitrogens with zero attached hydrogens (tertiary/aromatic N) is 2. The van der Waals surface area contributed by atoms with Crippen LogP contribution in [0, 0.1) is 0 Å². The summed E-state index contributed by atoms with van der Waals surface area (Å²) in [5, 5.41) is 19.1. The first-order valence-corrected chi connectivity index (χ1v) is 26.3. The monoisotopic (exact) mass is 1100 g/mol. The number of methoxy groups -OCH3 is 2. The van der Waals surface area contributed by atoms with Gasteiger partial charge in [-0.1, -0.05) is 47.5 Å². The van der Waals surface area contributed by atoms with Crippen LogP contribution < -0.4 is 20.6 Å². The molecule has 18 heteroatoms. The van der Waals surface area contributed by atoms with Gasteiger partial charge in [-0.25, -0.2) is 9.59 Å². The Hall–Kier alpha value is -7.50. The molecule has 2 saturated carbocycles. The van der Waals surface area contributed by atoms with Crippen molar-refractivity contribution < 1.29 is 57.9 Å². The molecule has 0 aliphatic heterocycles. The number of rotatable bonds is 24. The largest absolute Gasteiger partial charge is 0.495 e. The number of hydrogen-bond donors (Lipinski definition) is 2. The lowest BCUT2D eigenvalue weighted by Gasteiger charge is -2.27. The molecule has 0 radical (unpaired) electrons. The number of benzene rings is 4. The number of pyridine rings is 2. The molecule has 0 saturated heterocycles. The highest BCUT2D eigenvalue weighted by atomic mass is 35.5. The molecule has 0 bridgehead atoms. The number of ether oxygens (including phenoxy) is 4. The predicted octanol–water partition coefficient (Wildman–Crippen LogP) is 10.8. The minimum atomic E-state index is -1.05. The van der Waals surface area contributed by atoms with E-state index in [9.17, 15) is 38.4 Å². The van der Waals surface area contributed by atoms with Crippen LogP contribution in [0.3, 0.4) is 0 Å². The summed E-state index contributed by atoms with van der Waals surface area (Å²) in [5.74, 6) is -2.31. The minimum absolute atomic E-state index is 0.00722. The summed E-state index contributed by atoms with van der Waals surface area (Å²) in [7, 11) is 2.90. The van der Waals surface area contributed by atoms with E-state index in [2.05, 4.69) is 0 Å². The van der Waals surface area contributed by atoms with Crippen LogP contribution in [-0.4, -0.2) is 94.1 Å². The summed E-state index contributed by atoms with van der Waals surface area (Å²) < 4.78 is 25.7. The third-order valence-corrected chi connectivity index (χ3v) is 14.5. The Morgan fingerprint density at radius 2 is 0.897 bits per heavy atom. The molecule has 2 aliphatic rings. The fourth-order valence-corrected chi connectivity index (χ4v) is 9.57. The number of carbonyl (C=O) groups excluding carboxylic acids is 4. The van der Waals surface area contributed by atoms with Gasteiger partial charge in [-0.05, 0) is 148 Å². The number of hydrogen-bond acceptors (Lipinski definition) is 12. The third-order valence-electron chi connectivity index (χ3n) is 14.0. The number of carboxylic acid groups (broad SMARTS) is 2. The SMILES string of the molecule is COc1cn([C@@H](CCOC2CCC2)C(=O)Cc2ccc(C(=O)O)cc2)c(=O)cc1-c1cc(Cl)ccc1C(C)=O.COc1cn([C@H](CCOC2CCC2)C(=O)Cc2ccc(C(=O)O)cc2)c(=O)cc1-c1cc(Cl)ccc1C(C)=O. The van der Waals surface area contributed by atoms with Crippen molar-refractivity contribution in [3.05, 3.63) is 174 Å². The zero-order valence-electron chi connectivity index (χ0n) is 43.6. The number of aromatic carboxylic acids is 2. The van der Waals surface area contributed by atoms with Gasteiger partial charge in [0.25, 0.3) is 11.1 Å². The number of carbonyl (C=O) groups is 6. The van der Waals surface area contributed by atoms with E-state index >= 15 is 0 Å².